The number of nitrogens with one attached hydrogen (secondary N) is 1. The van der Waals surface area contributed by atoms with Crippen molar-refractivity contribution in [2.75, 3.05) is 5.32 Å². The van der Waals surface area contributed by atoms with Crippen molar-refractivity contribution >= 4 is 17.5 Å². The molecule has 2 rings (SSSR count). The number of carbonyl (C=O) groups excluding carboxylic acids is 2. The van der Waals surface area contributed by atoms with E-state index in [-0.39, 0.29) is 5.91 Å². The third kappa shape index (κ3) is 2.97. The van der Waals surface area contributed by atoms with Gasteiger partial charge in [-0.15, -0.1) is 0 Å². The molecule has 2 amide bonds. The van der Waals surface area contributed by atoms with Crippen molar-refractivity contribution in [1.82, 2.24) is 4.57 Å². The summed E-state index contributed by atoms with van der Waals surface area (Å²) in [4.78, 5) is 23.5. The summed E-state index contributed by atoms with van der Waals surface area (Å²) in [6.07, 6.45) is 0. The van der Waals surface area contributed by atoms with Crippen LogP contribution in [0.3, 0.4) is 0 Å². The van der Waals surface area contributed by atoms with Gasteiger partial charge in [-0.3, -0.25) is 9.59 Å². The lowest BCUT2D eigenvalue weighted by atomic mass is 10.1. The van der Waals surface area contributed by atoms with Gasteiger partial charge in [-0.2, -0.15) is 0 Å². The van der Waals surface area contributed by atoms with Crippen LogP contribution in [0.5, 0.6) is 0 Å². The quantitative estimate of drug-likeness (QED) is 0.905. The lowest BCUT2D eigenvalue weighted by Gasteiger charge is -2.08. The fourth-order valence-electron chi connectivity index (χ4n) is 2.47. The second-order valence-electron chi connectivity index (χ2n) is 4.93. The van der Waals surface area contributed by atoms with E-state index >= 15 is 0 Å². The van der Waals surface area contributed by atoms with Crippen molar-refractivity contribution in [2.24, 2.45) is 5.73 Å². The van der Waals surface area contributed by atoms with Crippen LogP contribution in [0, 0.1) is 13.8 Å². The molecule has 1 heterocycles. The smallest absolute Gasteiger partial charge is 0.257 e. The normalized spacial score (nSPS) is 10.4. The molecule has 3 N–H and O–H groups in total. The van der Waals surface area contributed by atoms with Crippen LogP contribution in [0.15, 0.2) is 30.3 Å². The molecule has 0 spiro atoms. The Bertz CT molecular complexity index is 702. The number of carbonyl (C=O) groups is 2. The lowest BCUT2D eigenvalue weighted by molar-refractivity contribution is 0.0996. The zero-order chi connectivity index (χ0) is 15.6. The minimum atomic E-state index is -0.518. The Hall–Kier alpha value is -2.56. The molecule has 0 saturated carbocycles. The number of primary amides is 1. The molecule has 0 saturated heterocycles. The zero-order valence-corrected chi connectivity index (χ0v) is 12.4. The number of hydrogen-bond donors (Lipinski definition) is 2. The van der Waals surface area contributed by atoms with Crippen LogP contribution in [0.25, 0.3) is 0 Å². The average Bonchev–Trinajstić information content (AvgIpc) is 2.73. The molecule has 2 aromatic rings. The van der Waals surface area contributed by atoms with E-state index in [1.165, 1.54) is 0 Å². The summed E-state index contributed by atoms with van der Waals surface area (Å²) in [6.45, 7) is 6.76. The summed E-state index contributed by atoms with van der Waals surface area (Å²) < 4.78 is 2.08. The van der Waals surface area contributed by atoms with E-state index in [1.807, 2.05) is 26.8 Å². The molecule has 1 aromatic carbocycles. The van der Waals surface area contributed by atoms with Gasteiger partial charge >= 0.3 is 0 Å². The maximum Gasteiger partial charge on any atom is 0.257 e. The molecule has 0 fully saturated rings. The first kappa shape index (κ1) is 14.8. The number of nitrogens with two attached hydrogens (primary N) is 1. The van der Waals surface area contributed by atoms with Gasteiger partial charge in [0, 0.05) is 29.2 Å². The van der Waals surface area contributed by atoms with Crippen LogP contribution in [0.4, 0.5) is 5.69 Å². The number of aromatic nitrogens is 1. The van der Waals surface area contributed by atoms with Crippen LogP contribution < -0.4 is 11.1 Å². The maximum absolute atomic E-state index is 12.4. The molecule has 0 aliphatic heterocycles. The highest BCUT2D eigenvalue weighted by Gasteiger charge is 2.15. The molecular weight excluding hydrogens is 266 g/mol. The maximum atomic E-state index is 12.4. The molecular formula is C16H19N3O2. The van der Waals surface area contributed by atoms with Crippen molar-refractivity contribution in [2.45, 2.75) is 27.3 Å². The number of rotatable bonds is 4. The van der Waals surface area contributed by atoms with Gasteiger partial charge in [0.05, 0.1) is 5.56 Å². The van der Waals surface area contributed by atoms with Gasteiger partial charge in [0.15, 0.2) is 0 Å². The van der Waals surface area contributed by atoms with Gasteiger partial charge in [0.25, 0.3) is 5.91 Å². The third-order valence-corrected chi connectivity index (χ3v) is 3.54. The van der Waals surface area contributed by atoms with E-state index in [4.69, 9.17) is 5.73 Å². The van der Waals surface area contributed by atoms with Crippen LogP contribution in [0.1, 0.15) is 39.0 Å². The molecule has 5 heteroatoms. The van der Waals surface area contributed by atoms with E-state index in [1.54, 1.807) is 24.3 Å². The molecule has 0 aliphatic rings. The Morgan fingerprint density at radius 3 is 2.52 bits per heavy atom. The van der Waals surface area contributed by atoms with Crippen molar-refractivity contribution in [3.05, 3.63) is 52.8 Å². The Balaban J connectivity index is 2.26. The Morgan fingerprint density at radius 2 is 1.95 bits per heavy atom. The monoisotopic (exact) mass is 285 g/mol. The first-order chi connectivity index (χ1) is 9.93. The van der Waals surface area contributed by atoms with Crippen molar-refractivity contribution in [3.63, 3.8) is 0 Å². The molecule has 0 radical (unpaired) electrons. The van der Waals surface area contributed by atoms with Crippen LogP contribution in [0.2, 0.25) is 0 Å². The summed E-state index contributed by atoms with van der Waals surface area (Å²) >= 11 is 0. The topological polar surface area (TPSA) is 77.1 Å². The molecule has 0 atom stereocenters. The molecule has 0 bridgehead atoms. The number of amides is 2. The number of benzene rings is 1. The minimum absolute atomic E-state index is 0.190. The van der Waals surface area contributed by atoms with E-state index < -0.39 is 5.91 Å². The van der Waals surface area contributed by atoms with Gasteiger partial charge in [-0.1, -0.05) is 6.07 Å². The van der Waals surface area contributed by atoms with Crippen molar-refractivity contribution in [3.8, 4) is 0 Å². The summed E-state index contributed by atoms with van der Waals surface area (Å²) in [5, 5.41) is 2.80. The highest BCUT2D eigenvalue weighted by molar-refractivity contribution is 6.06. The Labute approximate surface area is 123 Å². The summed E-state index contributed by atoms with van der Waals surface area (Å²) in [7, 11) is 0. The van der Waals surface area contributed by atoms with E-state index in [2.05, 4.69) is 9.88 Å². The first-order valence-corrected chi connectivity index (χ1v) is 6.82. The Kier molecular flexibility index (Phi) is 4.12. The van der Waals surface area contributed by atoms with Gasteiger partial charge in [-0.25, -0.2) is 0 Å². The van der Waals surface area contributed by atoms with E-state index in [0.717, 1.165) is 17.9 Å². The number of nitrogens with zero attached hydrogens (tertiary/aromatic N) is 1. The molecule has 21 heavy (non-hydrogen) atoms. The first-order valence-electron chi connectivity index (χ1n) is 6.82. The molecule has 0 unspecified atom stereocenters. The van der Waals surface area contributed by atoms with E-state index in [0.29, 0.717) is 16.8 Å². The fourth-order valence-corrected chi connectivity index (χ4v) is 2.47. The predicted octanol–water partition coefficient (Wildman–Crippen LogP) is 2.48. The van der Waals surface area contributed by atoms with Gasteiger partial charge in [0.1, 0.15) is 0 Å². The zero-order valence-electron chi connectivity index (χ0n) is 12.4. The molecule has 1 aromatic heterocycles. The summed E-state index contributed by atoms with van der Waals surface area (Å²) in [6, 6.07) is 8.46. The Morgan fingerprint density at radius 1 is 1.24 bits per heavy atom. The highest BCUT2D eigenvalue weighted by Crippen LogP contribution is 2.17. The van der Waals surface area contributed by atoms with Crippen molar-refractivity contribution in [1.29, 1.82) is 0 Å². The predicted molar refractivity (Wildman–Crippen MR) is 82.5 cm³/mol. The third-order valence-electron chi connectivity index (χ3n) is 3.54. The fraction of sp³-hybridized carbons (Fsp3) is 0.250. The summed E-state index contributed by atoms with van der Waals surface area (Å²) in [5.74, 6) is -0.709. The molecule has 110 valence electrons. The SMILES string of the molecule is CCn1c(C)cc(C(=O)Nc2cccc(C(N)=O)c2)c1C. The van der Waals surface area contributed by atoms with E-state index in [9.17, 15) is 9.59 Å². The largest absolute Gasteiger partial charge is 0.366 e. The lowest BCUT2D eigenvalue weighted by Crippen LogP contribution is -2.15. The second-order valence-corrected chi connectivity index (χ2v) is 4.93. The number of anilines is 1. The second kappa shape index (κ2) is 5.83. The standard InChI is InChI=1S/C16H19N3O2/c1-4-19-10(2)8-14(11(19)3)16(21)18-13-7-5-6-12(9-13)15(17)20/h5-9H,4H2,1-3H3,(H2,17,20)(H,18,21). The highest BCUT2D eigenvalue weighted by atomic mass is 16.2. The number of aryl methyl sites for hydroxylation is 1. The molecule has 5 nitrogen and oxygen atoms in total. The van der Waals surface area contributed by atoms with Crippen LogP contribution in [-0.4, -0.2) is 16.4 Å². The van der Waals surface area contributed by atoms with Gasteiger partial charge in [-0.05, 0) is 45.0 Å². The summed E-state index contributed by atoms with van der Waals surface area (Å²) in [5.41, 5.74) is 8.77. The molecule has 0 aliphatic carbocycles. The van der Waals surface area contributed by atoms with Gasteiger partial charge in [0.2, 0.25) is 5.91 Å². The van der Waals surface area contributed by atoms with Crippen LogP contribution >= 0.6 is 0 Å². The average molecular weight is 285 g/mol. The van der Waals surface area contributed by atoms with Crippen molar-refractivity contribution < 1.29 is 9.59 Å². The van der Waals surface area contributed by atoms with Crippen LogP contribution in [-0.2, 0) is 6.54 Å². The minimum Gasteiger partial charge on any atom is -0.366 e. The van der Waals surface area contributed by atoms with Gasteiger partial charge < -0.3 is 15.6 Å². The number of hydrogen-bond acceptors (Lipinski definition) is 2.